The van der Waals surface area contributed by atoms with E-state index < -0.39 is 10.0 Å². The third kappa shape index (κ3) is 4.29. The number of sulfonamides is 1. The van der Waals surface area contributed by atoms with Crippen molar-refractivity contribution >= 4 is 15.9 Å². The fourth-order valence-electron chi connectivity index (χ4n) is 3.86. The number of piperidine rings is 1. The van der Waals surface area contributed by atoms with Gasteiger partial charge in [-0.15, -0.1) is 0 Å². The van der Waals surface area contributed by atoms with Crippen LogP contribution in [0.3, 0.4) is 0 Å². The number of benzene rings is 2. The molecule has 0 saturated carbocycles. The molecule has 160 valence electrons. The molecule has 2 aromatic rings. The summed E-state index contributed by atoms with van der Waals surface area (Å²) in [4.78, 5) is 13.2. The normalized spacial score (nSPS) is 20.4. The van der Waals surface area contributed by atoms with Gasteiger partial charge < -0.3 is 14.8 Å². The Morgan fingerprint density at radius 3 is 2.60 bits per heavy atom. The zero-order chi connectivity index (χ0) is 21.1. The van der Waals surface area contributed by atoms with Crippen molar-refractivity contribution < 1.29 is 22.7 Å². The van der Waals surface area contributed by atoms with Gasteiger partial charge in [-0.2, -0.15) is 4.31 Å². The van der Waals surface area contributed by atoms with Gasteiger partial charge in [0.15, 0.2) is 11.5 Å². The second-order valence-electron chi connectivity index (χ2n) is 7.65. The average Bonchev–Trinajstić information content (AvgIpc) is 2.79. The summed E-state index contributed by atoms with van der Waals surface area (Å²) in [5, 5.41) is 3.03. The quantitative estimate of drug-likeness (QED) is 0.789. The number of nitrogens with zero attached hydrogens (tertiary/aromatic N) is 1. The number of hydrogen-bond acceptors (Lipinski definition) is 5. The highest BCUT2D eigenvalue weighted by molar-refractivity contribution is 7.89. The summed E-state index contributed by atoms with van der Waals surface area (Å²) < 4.78 is 38.4. The molecule has 0 aliphatic carbocycles. The fourth-order valence-corrected chi connectivity index (χ4v) is 5.40. The molecule has 7 nitrogen and oxygen atoms in total. The van der Waals surface area contributed by atoms with Crippen molar-refractivity contribution in [2.75, 3.05) is 26.3 Å². The summed E-state index contributed by atoms with van der Waals surface area (Å²) in [6.45, 7) is 3.56. The van der Waals surface area contributed by atoms with Gasteiger partial charge in [-0.3, -0.25) is 4.79 Å². The lowest BCUT2D eigenvalue weighted by molar-refractivity contribution is -0.126. The van der Waals surface area contributed by atoms with Crippen LogP contribution in [0.1, 0.15) is 31.4 Å². The molecule has 2 aliphatic heterocycles. The van der Waals surface area contributed by atoms with Gasteiger partial charge in [0.05, 0.1) is 16.9 Å². The minimum atomic E-state index is -3.60. The van der Waals surface area contributed by atoms with E-state index in [9.17, 15) is 13.2 Å². The summed E-state index contributed by atoms with van der Waals surface area (Å²) >= 11 is 0. The first-order chi connectivity index (χ1) is 14.4. The van der Waals surface area contributed by atoms with Gasteiger partial charge in [-0.1, -0.05) is 24.3 Å². The Morgan fingerprint density at radius 2 is 1.83 bits per heavy atom. The Morgan fingerprint density at radius 1 is 1.10 bits per heavy atom. The number of hydrogen-bond donors (Lipinski definition) is 1. The van der Waals surface area contributed by atoms with Crippen molar-refractivity contribution in [3.8, 4) is 11.5 Å². The van der Waals surface area contributed by atoms with E-state index in [0.29, 0.717) is 44.1 Å². The maximum absolute atomic E-state index is 12.9. The number of carbonyl (C=O) groups is 1. The second-order valence-corrected chi connectivity index (χ2v) is 9.59. The predicted molar refractivity (Wildman–Crippen MR) is 112 cm³/mol. The number of fused-ring (bicyclic) bond motifs is 1. The number of amides is 1. The Labute approximate surface area is 177 Å². The van der Waals surface area contributed by atoms with Crippen LogP contribution in [0, 0.1) is 5.92 Å². The molecule has 2 aromatic carbocycles. The fraction of sp³-hybridized carbons (Fsp3) is 0.409. The Hall–Kier alpha value is -2.58. The van der Waals surface area contributed by atoms with Gasteiger partial charge in [-0.05, 0) is 49.6 Å². The molecule has 0 spiro atoms. The molecular weight excluding hydrogens is 404 g/mol. The number of ether oxygens (including phenoxy) is 2. The number of nitrogens with one attached hydrogen (secondary N) is 1. The zero-order valence-corrected chi connectivity index (χ0v) is 17.7. The minimum Gasteiger partial charge on any atom is -0.486 e. The molecule has 1 amide bonds. The number of rotatable bonds is 5. The lowest BCUT2D eigenvalue weighted by Crippen LogP contribution is -2.45. The molecule has 8 heteroatoms. The van der Waals surface area contributed by atoms with Crippen LogP contribution in [-0.4, -0.2) is 44.9 Å². The third-order valence-corrected chi connectivity index (χ3v) is 7.44. The van der Waals surface area contributed by atoms with Crippen molar-refractivity contribution in [3.05, 3.63) is 54.1 Å². The largest absolute Gasteiger partial charge is 0.486 e. The SMILES string of the molecule is CC(NC(=O)C1CCCN(S(=O)(=O)c2ccccc2)C1)c1ccc2c(c1)OCCO2. The van der Waals surface area contributed by atoms with Gasteiger partial charge >= 0.3 is 0 Å². The minimum absolute atomic E-state index is 0.134. The van der Waals surface area contributed by atoms with Gasteiger partial charge in [0.1, 0.15) is 13.2 Å². The lowest BCUT2D eigenvalue weighted by atomic mass is 9.97. The van der Waals surface area contributed by atoms with Crippen LogP contribution >= 0.6 is 0 Å². The molecule has 0 aromatic heterocycles. The van der Waals surface area contributed by atoms with Gasteiger partial charge in [0, 0.05) is 13.1 Å². The summed E-state index contributed by atoms with van der Waals surface area (Å²) in [6, 6.07) is 13.8. The van der Waals surface area contributed by atoms with E-state index >= 15 is 0 Å². The molecule has 1 N–H and O–H groups in total. The van der Waals surface area contributed by atoms with E-state index in [2.05, 4.69) is 5.32 Å². The van der Waals surface area contributed by atoms with E-state index in [4.69, 9.17) is 9.47 Å². The Bertz CT molecular complexity index is 1010. The van der Waals surface area contributed by atoms with Crippen molar-refractivity contribution in [2.45, 2.75) is 30.7 Å². The van der Waals surface area contributed by atoms with Crippen molar-refractivity contribution in [1.29, 1.82) is 0 Å². The molecule has 0 radical (unpaired) electrons. The molecule has 4 rings (SSSR count). The first-order valence-electron chi connectivity index (χ1n) is 10.2. The molecule has 2 heterocycles. The zero-order valence-electron chi connectivity index (χ0n) is 16.9. The molecule has 30 heavy (non-hydrogen) atoms. The lowest BCUT2D eigenvalue weighted by Gasteiger charge is -2.32. The molecular formula is C22H26N2O5S. The van der Waals surface area contributed by atoms with Crippen molar-refractivity contribution in [1.82, 2.24) is 9.62 Å². The van der Waals surface area contributed by atoms with Gasteiger partial charge in [-0.25, -0.2) is 8.42 Å². The maximum atomic E-state index is 12.9. The van der Waals surface area contributed by atoms with E-state index in [1.807, 2.05) is 25.1 Å². The molecule has 2 unspecified atom stereocenters. The first kappa shape index (κ1) is 20.7. The topological polar surface area (TPSA) is 84.9 Å². The van der Waals surface area contributed by atoms with Gasteiger partial charge in [0.2, 0.25) is 15.9 Å². The predicted octanol–water partition coefficient (Wildman–Crippen LogP) is 2.74. The highest BCUT2D eigenvalue weighted by Crippen LogP contribution is 2.33. The Kier molecular flexibility index (Phi) is 5.97. The van der Waals surface area contributed by atoms with Crippen LogP contribution in [0.15, 0.2) is 53.4 Å². The van der Waals surface area contributed by atoms with E-state index in [-0.39, 0.29) is 29.3 Å². The van der Waals surface area contributed by atoms with Gasteiger partial charge in [0.25, 0.3) is 0 Å². The highest BCUT2D eigenvalue weighted by atomic mass is 32.2. The van der Waals surface area contributed by atoms with Crippen LogP contribution in [0.4, 0.5) is 0 Å². The van der Waals surface area contributed by atoms with Crippen molar-refractivity contribution in [3.63, 3.8) is 0 Å². The summed E-state index contributed by atoms with van der Waals surface area (Å²) in [5.74, 6) is 0.873. The second kappa shape index (κ2) is 8.65. The third-order valence-electron chi connectivity index (χ3n) is 5.56. The molecule has 1 fully saturated rings. The average molecular weight is 431 g/mol. The summed E-state index contributed by atoms with van der Waals surface area (Å²) in [5.41, 5.74) is 0.914. The molecule has 0 bridgehead atoms. The van der Waals surface area contributed by atoms with Crippen LogP contribution < -0.4 is 14.8 Å². The molecule has 2 aliphatic rings. The smallest absolute Gasteiger partial charge is 0.243 e. The Balaban J connectivity index is 1.42. The monoisotopic (exact) mass is 430 g/mol. The van der Waals surface area contributed by atoms with E-state index in [1.165, 1.54) is 4.31 Å². The van der Waals surface area contributed by atoms with Crippen molar-refractivity contribution in [2.24, 2.45) is 5.92 Å². The van der Waals surface area contributed by atoms with Crippen LogP contribution in [0.5, 0.6) is 11.5 Å². The number of carbonyl (C=O) groups excluding carboxylic acids is 1. The standard InChI is InChI=1S/C22H26N2O5S/c1-16(17-9-10-20-21(14-17)29-13-12-28-20)23-22(25)18-6-5-11-24(15-18)30(26,27)19-7-3-2-4-8-19/h2-4,7-10,14,16,18H,5-6,11-13,15H2,1H3,(H,23,25). The summed E-state index contributed by atoms with van der Waals surface area (Å²) in [6.07, 6.45) is 1.32. The molecule has 2 atom stereocenters. The maximum Gasteiger partial charge on any atom is 0.243 e. The van der Waals surface area contributed by atoms with Crippen LogP contribution in [-0.2, 0) is 14.8 Å². The first-order valence-corrected chi connectivity index (χ1v) is 11.6. The summed E-state index contributed by atoms with van der Waals surface area (Å²) in [7, 11) is -3.60. The highest BCUT2D eigenvalue weighted by Gasteiger charge is 2.33. The van der Waals surface area contributed by atoms with E-state index in [1.54, 1.807) is 30.3 Å². The van der Waals surface area contributed by atoms with Crippen LogP contribution in [0.25, 0.3) is 0 Å². The van der Waals surface area contributed by atoms with Crippen LogP contribution in [0.2, 0.25) is 0 Å². The molecule has 1 saturated heterocycles. The van der Waals surface area contributed by atoms with E-state index in [0.717, 1.165) is 5.56 Å².